The van der Waals surface area contributed by atoms with Gasteiger partial charge in [-0.1, -0.05) is 6.92 Å². The Kier molecular flexibility index (Phi) is 4.09. The van der Waals surface area contributed by atoms with Crippen LogP contribution in [0.5, 0.6) is 0 Å². The first-order valence-corrected chi connectivity index (χ1v) is 6.28. The molecule has 1 aliphatic heterocycles. The molecule has 1 saturated heterocycles. The molecular weight excluding hydrogens is 230 g/mol. The molecule has 0 aromatic carbocycles. The number of nitrogens with two attached hydrogens (primary N) is 1. The monoisotopic (exact) mass is 249 g/mol. The lowest BCUT2D eigenvalue weighted by Gasteiger charge is -2.19. The molecule has 3 N–H and O–H groups in total. The number of nitrogens with zero attached hydrogens (tertiary/aromatic N) is 3. The highest BCUT2D eigenvalue weighted by molar-refractivity contribution is 5.92. The van der Waals surface area contributed by atoms with E-state index in [1.807, 2.05) is 4.90 Å². The lowest BCUT2D eigenvalue weighted by Crippen LogP contribution is -2.32. The zero-order chi connectivity index (χ0) is 13.0. The SMILES string of the molecule is CC1CCCN(C(=O)c2cncc(NN)n2)CC1. The van der Waals surface area contributed by atoms with Crippen molar-refractivity contribution < 1.29 is 4.79 Å². The number of hydrogen-bond acceptors (Lipinski definition) is 5. The van der Waals surface area contributed by atoms with Crippen molar-refractivity contribution >= 4 is 11.7 Å². The van der Waals surface area contributed by atoms with Gasteiger partial charge in [0.05, 0.1) is 12.4 Å². The fraction of sp³-hybridized carbons (Fsp3) is 0.583. The number of hydrazine groups is 1. The zero-order valence-corrected chi connectivity index (χ0v) is 10.6. The molecular formula is C12H19N5O. The Labute approximate surface area is 107 Å². The van der Waals surface area contributed by atoms with Crippen molar-refractivity contribution in [3.05, 3.63) is 18.1 Å². The summed E-state index contributed by atoms with van der Waals surface area (Å²) in [5.74, 6) is 6.29. The van der Waals surface area contributed by atoms with Crippen LogP contribution in [0.25, 0.3) is 0 Å². The summed E-state index contributed by atoms with van der Waals surface area (Å²) < 4.78 is 0. The number of rotatable bonds is 2. The standard InChI is InChI=1S/C12H19N5O/c1-9-3-2-5-17(6-4-9)12(18)10-7-14-8-11(15-10)16-13/h7-9H,2-6,13H2,1H3,(H,15,16). The first-order valence-electron chi connectivity index (χ1n) is 6.28. The normalized spacial score (nSPS) is 20.3. The summed E-state index contributed by atoms with van der Waals surface area (Å²) in [6.07, 6.45) is 6.25. The quantitative estimate of drug-likeness (QED) is 0.604. The maximum atomic E-state index is 12.3. The largest absolute Gasteiger partial charge is 0.337 e. The van der Waals surface area contributed by atoms with Crippen LogP contribution in [0, 0.1) is 5.92 Å². The molecule has 2 rings (SSSR count). The Balaban J connectivity index is 2.09. The summed E-state index contributed by atoms with van der Waals surface area (Å²) in [4.78, 5) is 22.2. The van der Waals surface area contributed by atoms with Crippen LogP contribution in [0.15, 0.2) is 12.4 Å². The van der Waals surface area contributed by atoms with E-state index >= 15 is 0 Å². The molecule has 1 fully saturated rings. The fourth-order valence-corrected chi connectivity index (χ4v) is 2.17. The number of carbonyl (C=O) groups excluding carboxylic acids is 1. The molecule has 0 bridgehead atoms. The minimum Gasteiger partial charge on any atom is -0.337 e. The van der Waals surface area contributed by atoms with Crippen LogP contribution in [0.3, 0.4) is 0 Å². The lowest BCUT2D eigenvalue weighted by atomic mass is 10.0. The van der Waals surface area contributed by atoms with Crippen LogP contribution in [-0.4, -0.2) is 33.9 Å². The highest BCUT2D eigenvalue weighted by Crippen LogP contribution is 2.17. The summed E-state index contributed by atoms with van der Waals surface area (Å²) in [5.41, 5.74) is 2.75. The van der Waals surface area contributed by atoms with Gasteiger partial charge >= 0.3 is 0 Å². The van der Waals surface area contributed by atoms with E-state index in [1.165, 1.54) is 18.8 Å². The highest BCUT2D eigenvalue weighted by atomic mass is 16.2. The van der Waals surface area contributed by atoms with Gasteiger partial charge in [-0.3, -0.25) is 9.78 Å². The van der Waals surface area contributed by atoms with Gasteiger partial charge in [-0.2, -0.15) is 0 Å². The van der Waals surface area contributed by atoms with E-state index in [0.717, 1.165) is 25.9 Å². The summed E-state index contributed by atoms with van der Waals surface area (Å²) in [7, 11) is 0. The molecule has 1 unspecified atom stereocenters. The second-order valence-electron chi connectivity index (χ2n) is 4.76. The Morgan fingerprint density at radius 2 is 2.28 bits per heavy atom. The van der Waals surface area contributed by atoms with E-state index in [4.69, 9.17) is 5.84 Å². The molecule has 1 aliphatic rings. The second kappa shape index (κ2) is 5.77. The lowest BCUT2D eigenvalue weighted by molar-refractivity contribution is 0.0754. The van der Waals surface area contributed by atoms with Crippen molar-refractivity contribution in [1.29, 1.82) is 0 Å². The van der Waals surface area contributed by atoms with Crippen molar-refractivity contribution in [2.45, 2.75) is 26.2 Å². The molecule has 18 heavy (non-hydrogen) atoms. The van der Waals surface area contributed by atoms with Crippen molar-refractivity contribution in [3.63, 3.8) is 0 Å². The van der Waals surface area contributed by atoms with Crippen molar-refractivity contribution in [3.8, 4) is 0 Å². The van der Waals surface area contributed by atoms with Crippen molar-refractivity contribution in [1.82, 2.24) is 14.9 Å². The number of nitrogens with one attached hydrogen (secondary N) is 1. The summed E-state index contributed by atoms with van der Waals surface area (Å²) in [6.45, 7) is 3.82. The third-order valence-corrected chi connectivity index (χ3v) is 3.31. The number of anilines is 1. The van der Waals surface area contributed by atoms with E-state index in [0.29, 0.717) is 17.4 Å². The van der Waals surface area contributed by atoms with Crippen LogP contribution < -0.4 is 11.3 Å². The Morgan fingerprint density at radius 1 is 1.44 bits per heavy atom. The molecule has 6 heteroatoms. The van der Waals surface area contributed by atoms with E-state index in [9.17, 15) is 4.79 Å². The van der Waals surface area contributed by atoms with Gasteiger partial charge < -0.3 is 10.3 Å². The molecule has 6 nitrogen and oxygen atoms in total. The summed E-state index contributed by atoms with van der Waals surface area (Å²) in [6, 6.07) is 0. The van der Waals surface area contributed by atoms with Gasteiger partial charge in [0.1, 0.15) is 5.69 Å². The van der Waals surface area contributed by atoms with Crippen LogP contribution in [-0.2, 0) is 0 Å². The van der Waals surface area contributed by atoms with Gasteiger partial charge in [-0.05, 0) is 25.2 Å². The van der Waals surface area contributed by atoms with Gasteiger partial charge in [-0.25, -0.2) is 10.8 Å². The molecule has 0 saturated carbocycles. The first-order chi connectivity index (χ1) is 8.70. The number of amides is 1. The van der Waals surface area contributed by atoms with Crippen LogP contribution >= 0.6 is 0 Å². The summed E-state index contributed by atoms with van der Waals surface area (Å²) >= 11 is 0. The highest BCUT2D eigenvalue weighted by Gasteiger charge is 2.21. The molecule has 0 aliphatic carbocycles. The zero-order valence-electron chi connectivity index (χ0n) is 10.6. The van der Waals surface area contributed by atoms with Gasteiger partial charge in [0.2, 0.25) is 0 Å². The number of carbonyl (C=O) groups is 1. The first kappa shape index (κ1) is 12.8. The molecule has 98 valence electrons. The predicted octanol–water partition coefficient (Wildman–Crippen LogP) is 1.02. The van der Waals surface area contributed by atoms with Crippen LogP contribution in [0.4, 0.5) is 5.82 Å². The maximum Gasteiger partial charge on any atom is 0.274 e. The fourth-order valence-electron chi connectivity index (χ4n) is 2.17. The van der Waals surface area contributed by atoms with Crippen LogP contribution in [0.1, 0.15) is 36.7 Å². The molecule has 2 heterocycles. The average molecular weight is 249 g/mol. The number of aromatic nitrogens is 2. The maximum absolute atomic E-state index is 12.3. The predicted molar refractivity (Wildman–Crippen MR) is 68.8 cm³/mol. The number of hydrogen-bond donors (Lipinski definition) is 2. The minimum absolute atomic E-state index is 0.0614. The number of nitrogen functional groups attached to an aromatic ring is 1. The van der Waals surface area contributed by atoms with Crippen molar-refractivity contribution in [2.24, 2.45) is 11.8 Å². The molecule has 1 amide bonds. The minimum atomic E-state index is -0.0614. The average Bonchev–Trinajstić information content (AvgIpc) is 2.63. The van der Waals surface area contributed by atoms with E-state index in [1.54, 1.807) is 0 Å². The third kappa shape index (κ3) is 2.95. The Hall–Kier alpha value is -1.69. The third-order valence-electron chi connectivity index (χ3n) is 3.31. The van der Waals surface area contributed by atoms with Crippen molar-refractivity contribution in [2.75, 3.05) is 18.5 Å². The summed E-state index contributed by atoms with van der Waals surface area (Å²) in [5, 5.41) is 0. The second-order valence-corrected chi connectivity index (χ2v) is 4.76. The molecule has 0 radical (unpaired) electrons. The molecule has 0 spiro atoms. The van der Waals surface area contributed by atoms with Gasteiger partial charge in [0.25, 0.3) is 5.91 Å². The van der Waals surface area contributed by atoms with Gasteiger partial charge in [0.15, 0.2) is 5.82 Å². The topological polar surface area (TPSA) is 84.1 Å². The van der Waals surface area contributed by atoms with E-state index < -0.39 is 0 Å². The molecule has 1 atom stereocenters. The Bertz CT molecular complexity index is 423. The molecule has 1 aromatic heterocycles. The smallest absolute Gasteiger partial charge is 0.274 e. The van der Waals surface area contributed by atoms with Crippen LogP contribution in [0.2, 0.25) is 0 Å². The van der Waals surface area contributed by atoms with E-state index in [2.05, 4.69) is 22.3 Å². The van der Waals surface area contributed by atoms with Gasteiger partial charge in [0, 0.05) is 13.1 Å². The Morgan fingerprint density at radius 3 is 3.06 bits per heavy atom. The molecule has 1 aromatic rings. The van der Waals surface area contributed by atoms with Gasteiger partial charge in [-0.15, -0.1) is 0 Å². The number of likely N-dealkylation sites (tertiary alicyclic amines) is 1. The van der Waals surface area contributed by atoms with E-state index in [-0.39, 0.29) is 5.91 Å².